The number of nitrogens with zero attached hydrogens (tertiary/aromatic N) is 2. The molecule has 0 radical (unpaired) electrons. The van der Waals surface area contributed by atoms with Gasteiger partial charge in [0.25, 0.3) is 0 Å². The summed E-state index contributed by atoms with van der Waals surface area (Å²) in [7, 11) is 0. The van der Waals surface area contributed by atoms with Crippen molar-refractivity contribution in [1.82, 2.24) is 10.2 Å². The van der Waals surface area contributed by atoms with Gasteiger partial charge in [0.2, 0.25) is 5.13 Å². The van der Waals surface area contributed by atoms with E-state index >= 15 is 0 Å². The topological polar surface area (TPSA) is 37.8 Å². The number of nitrogens with one attached hydrogen (secondary N) is 1. The highest BCUT2D eigenvalue weighted by molar-refractivity contribution is 8.01. The normalized spacial score (nSPS) is 18.1. The maximum Gasteiger partial charge on any atom is 0.206 e. The minimum Gasteiger partial charge on any atom is -0.360 e. The van der Waals surface area contributed by atoms with Gasteiger partial charge in [0.1, 0.15) is 0 Å². The number of aromatic nitrogens is 2. The molecule has 100 valence electrons. The Morgan fingerprint density at radius 1 is 1.32 bits per heavy atom. The van der Waals surface area contributed by atoms with E-state index in [1.807, 2.05) is 11.8 Å². The van der Waals surface area contributed by atoms with E-state index < -0.39 is 0 Å². The fourth-order valence-electron chi connectivity index (χ4n) is 2.39. The molecule has 0 fully saturated rings. The Morgan fingerprint density at radius 2 is 2.16 bits per heavy atom. The predicted octanol–water partition coefficient (Wildman–Crippen LogP) is 3.62. The van der Waals surface area contributed by atoms with E-state index in [-0.39, 0.29) is 0 Å². The van der Waals surface area contributed by atoms with Gasteiger partial charge in [-0.15, -0.1) is 10.2 Å². The lowest BCUT2D eigenvalue weighted by Gasteiger charge is -2.22. The summed E-state index contributed by atoms with van der Waals surface area (Å²) in [4.78, 5) is 0. The van der Waals surface area contributed by atoms with Crippen molar-refractivity contribution < 1.29 is 0 Å². The Kier molecular flexibility index (Phi) is 4.03. The van der Waals surface area contributed by atoms with Crippen LogP contribution in [0, 0.1) is 0 Å². The van der Waals surface area contributed by atoms with Gasteiger partial charge in [0.15, 0.2) is 4.34 Å². The van der Waals surface area contributed by atoms with Gasteiger partial charge in [0, 0.05) is 11.8 Å². The number of hydrogen-bond acceptors (Lipinski definition) is 5. The number of benzene rings is 1. The molecule has 3 nitrogen and oxygen atoms in total. The van der Waals surface area contributed by atoms with Crippen molar-refractivity contribution in [3.63, 3.8) is 0 Å². The third-order valence-corrected chi connectivity index (χ3v) is 5.54. The Morgan fingerprint density at radius 3 is 3.00 bits per heavy atom. The van der Waals surface area contributed by atoms with Crippen LogP contribution in [-0.2, 0) is 12.8 Å². The highest BCUT2D eigenvalue weighted by Gasteiger charge is 2.20. The number of fused-ring (bicyclic) bond motifs is 1. The molecule has 0 bridgehead atoms. The fraction of sp³-hybridized carbons (Fsp3) is 0.429. The monoisotopic (exact) mass is 291 g/mol. The molecule has 1 aromatic carbocycles. The highest BCUT2D eigenvalue weighted by Crippen LogP contribution is 2.35. The second-order valence-electron chi connectivity index (χ2n) is 4.65. The molecule has 2 aromatic rings. The summed E-state index contributed by atoms with van der Waals surface area (Å²) < 4.78 is 1.08. The quantitative estimate of drug-likeness (QED) is 0.933. The first-order chi connectivity index (χ1) is 9.35. The van der Waals surface area contributed by atoms with Crippen LogP contribution >= 0.6 is 23.1 Å². The van der Waals surface area contributed by atoms with Crippen molar-refractivity contribution in [3.05, 3.63) is 35.4 Å². The molecule has 0 spiro atoms. The average Bonchev–Trinajstić information content (AvgIpc) is 2.86. The smallest absolute Gasteiger partial charge is 0.206 e. The standard InChI is InChI=1S/C14H17N3S2/c1-2-15-13-16-17-14(19-13)18-12-8-7-10-5-3-4-6-11(10)9-12/h3-6,12H,2,7-9H2,1H3,(H,15,16). The molecular formula is C14H17N3S2. The molecule has 1 heterocycles. The number of aryl methyl sites for hydroxylation is 1. The molecule has 0 amide bonds. The summed E-state index contributed by atoms with van der Waals surface area (Å²) >= 11 is 3.54. The van der Waals surface area contributed by atoms with Crippen LogP contribution in [0.3, 0.4) is 0 Å². The predicted molar refractivity (Wildman–Crippen MR) is 82.2 cm³/mol. The minimum atomic E-state index is 0.636. The zero-order valence-corrected chi connectivity index (χ0v) is 12.6. The Hall–Kier alpha value is -1.07. The van der Waals surface area contributed by atoms with E-state index in [1.54, 1.807) is 11.3 Å². The van der Waals surface area contributed by atoms with Gasteiger partial charge in [0.05, 0.1) is 0 Å². The number of thioether (sulfide) groups is 1. The molecule has 0 saturated heterocycles. The van der Waals surface area contributed by atoms with Crippen LogP contribution in [0.2, 0.25) is 0 Å². The number of hydrogen-bond donors (Lipinski definition) is 1. The fourth-order valence-corrected chi connectivity index (χ4v) is 4.64. The van der Waals surface area contributed by atoms with Crippen molar-refractivity contribution >= 4 is 28.2 Å². The molecule has 0 saturated carbocycles. The third kappa shape index (κ3) is 3.09. The maximum atomic E-state index is 4.25. The maximum absolute atomic E-state index is 4.25. The first-order valence-electron chi connectivity index (χ1n) is 6.66. The van der Waals surface area contributed by atoms with Crippen LogP contribution in [0.4, 0.5) is 5.13 Å². The zero-order valence-electron chi connectivity index (χ0n) is 10.9. The van der Waals surface area contributed by atoms with Gasteiger partial charge in [-0.25, -0.2) is 0 Å². The lowest BCUT2D eigenvalue weighted by atomic mass is 9.92. The van der Waals surface area contributed by atoms with Gasteiger partial charge in [-0.05, 0) is 37.3 Å². The third-order valence-electron chi connectivity index (χ3n) is 3.30. The van der Waals surface area contributed by atoms with Gasteiger partial charge < -0.3 is 5.32 Å². The first-order valence-corrected chi connectivity index (χ1v) is 8.35. The molecule has 5 heteroatoms. The van der Waals surface area contributed by atoms with Gasteiger partial charge in [-0.3, -0.25) is 0 Å². The SMILES string of the molecule is CCNc1nnc(SC2CCc3ccccc3C2)s1. The lowest BCUT2D eigenvalue weighted by Crippen LogP contribution is -2.15. The highest BCUT2D eigenvalue weighted by atomic mass is 32.2. The number of rotatable bonds is 4. The molecule has 0 aliphatic heterocycles. The Balaban J connectivity index is 1.65. The van der Waals surface area contributed by atoms with Crippen LogP contribution in [0.5, 0.6) is 0 Å². The minimum absolute atomic E-state index is 0.636. The Bertz CT molecular complexity index is 553. The van der Waals surface area contributed by atoms with Crippen molar-refractivity contribution in [3.8, 4) is 0 Å². The second kappa shape index (κ2) is 5.92. The molecule has 19 heavy (non-hydrogen) atoms. The van der Waals surface area contributed by atoms with Crippen LogP contribution in [0.15, 0.2) is 28.6 Å². The van der Waals surface area contributed by atoms with Crippen LogP contribution in [0.25, 0.3) is 0 Å². The van der Waals surface area contributed by atoms with Crippen molar-refractivity contribution in [2.45, 2.75) is 35.8 Å². The average molecular weight is 291 g/mol. The van der Waals surface area contributed by atoms with Crippen molar-refractivity contribution in [2.75, 3.05) is 11.9 Å². The van der Waals surface area contributed by atoms with E-state index in [0.717, 1.165) is 22.4 Å². The van der Waals surface area contributed by atoms with Crippen molar-refractivity contribution in [1.29, 1.82) is 0 Å². The van der Waals surface area contributed by atoms with Crippen LogP contribution in [-0.4, -0.2) is 22.0 Å². The molecule has 1 unspecified atom stereocenters. The van der Waals surface area contributed by atoms with E-state index in [9.17, 15) is 0 Å². The molecular weight excluding hydrogens is 274 g/mol. The molecule has 3 rings (SSSR count). The van der Waals surface area contributed by atoms with Crippen LogP contribution in [0.1, 0.15) is 24.5 Å². The Labute approximate surface area is 121 Å². The van der Waals surface area contributed by atoms with E-state index in [4.69, 9.17) is 0 Å². The van der Waals surface area contributed by atoms with E-state index in [0.29, 0.717) is 5.25 Å². The summed E-state index contributed by atoms with van der Waals surface area (Å²) in [6.07, 6.45) is 3.57. The molecule has 1 aliphatic carbocycles. The van der Waals surface area contributed by atoms with Gasteiger partial charge in [-0.1, -0.05) is 47.4 Å². The summed E-state index contributed by atoms with van der Waals surface area (Å²) in [6, 6.07) is 8.79. The van der Waals surface area contributed by atoms with Gasteiger partial charge in [-0.2, -0.15) is 0 Å². The summed E-state index contributed by atoms with van der Waals surface area (Å²) in [5, 5.41) is 13.2. The molecule has 1 N–H and O–H groups in total. The lowest BCUT2D eigenvalue weighted by molar-refractivity contribution is 0.701. The van der Waals surface area contributed by atoms with E-state index in [2.05, 4.69) is 46.7 Å². The second-order valence-corrected chi connectivity index (χ2v) is 7.18. The zero-order chi connectivity index (χ0) is 13.1. The van der Waals surface area contributed by atoms with E-state index in [1.165, 1.54) is 24.0 Å². The molecule has 1 atom stereocenters. The number of anilines is 1. The molecule has 1 aliphatic rings. The largest absolute Gasteiger partial charge is 0.360 e. The first kappa shape index (κ1) is 12.9. The summed E-state index contributed by atoms with van der Waals surface area (Å²) in [6.45, 7) is 2.97. The van der Waals surface area contributed by atoms with Gasteiger partial charge >= 0.3 is 0 Å². The van der Waals surface area contributed by atoms with Crippen LogP contribution < -0.4 is 5.32 Å². The summed E-state index contributed by atoms with van der Waals surface area (Å²) in [5.41, 5.74) is 3.02. The summed E-state index contributed by atoms with van der Waals surface area (Å²) in [5.74, 6) is 0. The molecule has 1 aromatic heterocycles. The van der Waals surface area contributed by atoms with Crippen molar-refractivity contribution in [2.24, 2.45) is 0 Å².